The fourth-order valence-electron chi connectivity index (χ4n) is 1.57. The Morgan fingerprint density at radius 3 is 2.83 bits per heavy atom. The summed E-state index contributed by atoms with van der Waals surface area (Å²) in [7, 11) is 3.64. The van der Waals surface area contributed by atoms with Gasteiger partial charge in [-0.25, -0.2) is 4.68 Å². The van der Waals surface area contributed by atoms with E-state index < -0.39 is 0 Å². The van der Waals surface area contributed by atoms with E-state index in [-0.39, 0.29) is 12.1 Å². The molecule has 0 aliphatic heterocycles. The summed E-state index contributed by atoms with van der Waals surface area (Å²) in [6.45, 7) is 0.586. The van der Waals surface area contributed by atoms with Crippen LogP contribution in [0.2, 0.25) is 0 Å². The Morgan fingerprint density at radius 1 is 1.56 bits per heavy atom. The lowest BCUT2D eigenvalue weighted by Crippen LogP contribution is -2.27. The van der Waals surface area contributed by atoms with Crippen molar-refractivity contribution in [3.63, 3.8) is 0 Å². The Kier molecular flexibility index (Phi) is 3.64. The molecular formula is C12H17N3O3. The fraction of sp³-hybridized carbons (Fsp3) is 0.583. The molecule has 18 heavy (non-hydrogen) atoms. The number of hydrogen-bond donors (Lipinski definition) is 0. The van der Waals surface area contributed by atoms with Gasteiger partial charge in [0, 0.05) is 14.1 Å². The standard InChI is InChI=1S/C12H17N3O3/c1-14(2)12-10(18-8-9-3-4-9)7-11(17)15(13-12)5-6-16/h6-7,9H,3-5,8H2,1-2H3. The molecule has 0 atom stereocenters. The van der Waals surface area contributed by atoms with Gasteiger partial charge in [-0.05, 0) is 18.8 Å². The van der Waals surface area contributed by atoms with E-state index in [2.05, 4.69) is 5.10 Å². The molecule has 2 rings (SSSR count). The highest BCUT2D eigenvalue weighted by Crippen LogP contribution is 2.31. The SMILES string of the molecule is CN(C)c1nn(CC=O)c(=O)cc1OCC1CC1. The number of rotatable bonds is 6. The monoisotopic (exact) mass is 251 g/mol. The van der Waals surface area contributed by atoms with Crippen molar-refractivity contribution < 1.29 is 9.53 Å². The highest BCUT2D eigenvalue weighted by atomic mass is 16.5. The van der Waals surface area contributed by atoms with Crippen molar-refractivity contribution in [3.05, 3.63) is 16.4 Å². The molecule has 1 aliphatic rings. The molecule has 1 fully saturated rings. The lowest BCUT2D eigenvalue weighted by molar-refractivity contribution is -0.108. The van der Waals surface area contributed by atoms with Gasteiger partial charge in [-0.3, -0.25) is 4.79 Å². The lowest BCUT2D eigenvalue weighted by atomic mass is 10.4. The molecular weight excluding hydrogens is 234 g/mol. The molecule has 1 heterocycles. The Hall–Kier alpha value is -1.85. The van der Waals surface area contributed by atoms with E-state index in [1.807, 2.05) is 14.1 Å². The number of carbonyl (C=O) groups excluding carboxylic acids is 1. The van der Waals surface area contributed by atoms with E-state index >= 15 is 0 Å². The molecule has 0 saturated heterocycles. The Labute approximate surface area is 105 Å². The first-order valence-corrected chi connectivity index (χ1v) is 5.97. The molecule has 0 spiro atoms. The molecule has 0 bridgehead atoms. The van der Waals surface area contributed by atoms with Crippen LogP contribution in [0.1, 0.15) is 12.8 Å². The van der Waals surface area contributed by atoms with Crippen molar-refractivity contribution in [2.75, 3.05) is 25.6 Å². The third-order valence-electron chi connectivity index (χ3n) is 2.79. The molecule has 6 nitrogen and oxygen atoms in total. The van der Waals surface area contributed by atoms with E-state index in [0.717, 1.165) is 4.68 Å². The number of hydrogen-bond acceptors (Lipinski definition) is 5. The zero-order chi connectivity index (χ0) is 13.1. The maximum Gasteiger partial charge on any atom is 0.271 e. The Morgan fingerprint density at radius 2 is 2.28 bits per heavy atom. The van der Waals surface area contributed by atoms with Crippen LogP contribution in [-0.2, 0) is 11.3 Å². The second kappa shape index (κ2) is 5.20. The first-order valence-electron chi connectivity index (χ1n) is 5.97. The average Bonchev–Trinajstić information content (AvgIpc) is 3.13. The normalized spacial score (nSPS) is 14.3. The first-order chi connectivity index (χ1) is 8.61. The van der Waals surface area contributed by atoms with Crippen LogP contribution in [0, 0.1) is 5.92 Å². The number of anilines is 1. The van der Waals surface area contributed by atoms with Gasteiger partial charge in [0.1, 0.15) is 12.8 Å². The van der Waals surface area contributed by atoms with Crippen molar-refractivity contribution in [3.8, 4) is 5.75 Å². The third-order valence-corrected chi connectivity index (χ3v) is 2.79. The van der Waals surface area contributed by atoms with E-state index in [1.165, 1.54) is 18.9 Å². The van der Waals surface area contributed by atoms with Crippen LogP contribution in [0.25, 0.3) is 0 Å². The minimum absolute atomic E-state index is 0.0391. The number of nitrogens with zero attached hydrogens (tertiary/aromatic N) is 3. The van der Waals surface area contributed by atoms with Crippen molar-refractivity contribution in [1.29, 1.82) is 0 Å². The van der Waals surface area contributed by atoms with Gasteiger partial charge in [0.05, 0.1) is 12.7 Å². The molecule has 0 amide bonds. The average molecular weight is 251 g/mol. The summed E-state index contributed by atoms with van der Waals surface area (Å²) >= 11 is 0. The van der Waals surface area contributed by atoms with Crippen molar-refractivity contribution >= 4 is 12.1 Å². The predicted octanol–water partition coefficient (Wildman–Crippen LogP) is 0.297. The van der Waals surface area contributed by atoms with Crippen molar-refractivity contribution in [2.45, 2.75) is 19.4 Å². The lowest BCUT2D eigenvalue weighted by Gasteiger charge is -2.17. The van der Waals surface area contributed by atoms with Gasteiger partial charge in [0.2, 0.25) is 0 Å². The van der Waals surface area contributed by atoms with E-state index in [1.54, 1.807) is 4.90 Å². The summed E-state index contributed by atoms with van der Waals surface area (Å²) in [5.41, 5.74) is -0.321. The van der Waals surface area contributed by atoms with Gasteiger partial charge < -0.3 is 14.4 Å². The minimum Gasteiger partial charge on any atom is -0.489 e. The maximum absolute atomic E-state index is 11.7. The summed E-state index contributed by atoms with van der Waals surface area (Å²) < 4.78 is 6.76. The molecule has 6 heteroatoms. The summed E-state index contributed by atoms with van der Waals surface area (Å²) in [6.07, 6.45) is 3.03. The Balaban J connectivity index is 2.27. The summed E-state index contributed by atoms with van der Waals surface area (Å²) in [5.74, 6) is 1.66. The van der Waals surface area contributed by atoms with Gasteiger partial charge in [0.15, 0.2) is 11.6 Å². The maximum atomic E-state index is 11.7. The first kappa shape index (κ1) is 12.6. The zero-order valence-electron chi connectivity index (χ0n) is 10.6. The Bertz CT molecular complexity index is 492. The second-order valence-electron chi connectivity index (χ2n) is 4.67. The third kappa shape index (κ3) is 2.88. The quantitative estimate of drug-likeness (QED) is 0.680. The summed E-state index contributed by atoms with van der Waals surface area (Å²) in [4.78, 5) is 23.9. The largest absolute Gasteiger partial charge is 0.489 e. The number of aldehydes is 1. The van der Waals surface area contributed by atoms with Crippen molar-refractivity contribution in [2.24, 2.45) is 5.92 Å². The smallest absolute Gasteiger partial charge is 0.271 e. The molecule has 0 unspecified atom stereocenters. The molecule has 1 aliphatic carbocycles. The topological polar surface area (TPSA) is 64.4 Å². The number of ether oxygens (including phenoxy) is 1. The van der Waals surface area contributed by atoms with E-state index in [4.69, 9.17) is 4.74 Å². The van der Waals surface area contributed by atoms with Gasteiger partial charge in [0.25, 0.3) is 5.56 Å². The second-order valence-corrected chi connectivity index (χ2v) is 4.67. The fourth-order valence-corrected chi connectivity index (χ4v) is 1.57. The highest BCUT2D eigenvalue weighted by molar-refractivity contribution is 5.52. The van der Waals surface area contributed by atoms with Crippen LogP contribution in [0.15, 0.2) is 10.9 Å². The molecule has 0 aromatic carbocycles. The van der Waals surface area contributed by atoms with Crippen LogP contribution in [-0.4, -0.2) is 36.8 Å². The predicted molar refractivity (Wildman–Crippen MR) is 67.1 cm³/mol. The molecule has 98 valence electrons. The zero-order valence-corrected chi connectivity index (χ0v) is 10.6. The minimum atomic E-state index is -0.321. The van der Waals surface area contributed by atoms with E-state index in [0.29, 0.717) is 30.4 Å². The molecule has 0 radical (unpaired) electrons. The van der Waals surface area contributed by atoms with Crippen molar-refractivity contribution in [1.82, 2.24) is 9.78 Å². The highest BCUT2D eigenvalue weighted by Gasteiger charge is 2.23. The van der Waals surface area contributed by atoms with Gasteiger partial charge in [-0.1, -0.05) is 0 Å². The van der Waals surface area contributed by atoms with E-state index in [9.17, 15) is 9.59 Å². The van der Waals surface area contributed by atoms with Gasteiger partial charge in [-0.2, -0.15) is 0 Å². The van der Waals surface area contributed by atoms with Gasteiger partial charge >= 0.3 is 0 Å². The molecule has 0 N–H and O–H groups in total. The van der Waals surface area contributed by atoms with Crippen LogP contribution >= 0.6 is 0 Å². The number of carbonyl (C=O) groups is 1. The molecule has 1 saturated carbocycles. The molecule has 1 aromatic heterocycles. The summed E-state index contributed by atoms with van der Waals surface area (Å²) in [5, 5.41) is 4.13. The van der Waals surface area contributed by atoms with Crippen LogP contribution in [0.3, 0.4) is 0 Å². The van der Waals surface area contributed by atoms with Crippen LogP contribution < -0.4 is 15.2 Å². The molecule has 1 aromatic rings. The van der Waals surface area contributed by atoms with Gasteiger partial charge in [-0.15, -0.1) is 5.10 Å². The van der Waals surface area contributed by atoms with Crippen LogP contribution in [0.5, 0.6) is 5.75 Å². The van der Waals surface area contributed by atoms with Crippen LogP contribution in [0.4, 0.5) is 5.82 Å². The number of aromatic nitrogens is 2. The summed E-state index contributed by atoms with van der Waals surface area (Å²) in [6, 6.07) is 1.40.